The fourth-order valence-corrected chi connectivity index (χ4v) is 3.98. The molecule has 1 atom stereocenters. The first-order valence-corrected chi connectivity index (χ1v) is 9.72. The number of carbonyl (C=O) groups excluding carboxylic acids is 1. The van der Waals surface area contributed by atoms with Gasteiger partial charge in [0.05, 0.1) is 24.3 Å². The van der Waals surface area contributed by atoms with E-state index < -0.39 is 0 Å². The molecule has 0 aliphatic carbocycles. The first kappa shape index (κ1) is 16.9. The van der Waals surface area contributed by atoms with Gasteiger partial charge in [-0.05, 0) is 12.8 Å². The third-order valence-electron chi connectivity index (χ3n) is 4.72. The second-order valence-electron chi connectivity index (χ2n) is 6.48. The first-order valence-electron chi connectivity index (χ1n) is 8.78. The number of carbonyl (C=O) groups is 1. The van der Waals surface area contributed by atoms with Gasteiger partial charge < -0.3 is 9.47 Å². The lowest BCUT2D eigenvalue weighted by Crippen LogP contribution is -2.40. The van der Waals surface area contributed by atoms with Gasteiger partial charge in [-0.2, -0.15) is 5.10 Å². The molecule has 1 saturated heterocycles. The van der Waals surface area contributed by atoms with Crippen molar-refractivity contribution >= 4 is 17.2 Å². The van der Waals surface area contributed by atoms with Crippen LogP contribution in [0.2, 0.25) is 0 Å². The van der Waals surface area contributed by atoms with Crippen molar-refractivity contribution in [2.24, 2.45) is 0 Å². The van der Waals surface area contributed by atoms with Gasteiger partial charge in [-0.25, -0.2) is 15.0 Å². The van der Waals surface area contributed by atoms with Gasteiger partial charge in [-0.15, -0.1) is 11.3 Å². The summed E-state index contributed by atoms with van der Waals surface area (Å²) in [6.07, 6.45) is 9.48. The number of imidazole rings is 1. The van der Waals surface area contributed by atoms with Gasteiger partial charge in [0.1, 0.15) is 18.5 Å². The fraction of sp³-hybridized carbons (Fsp3) is 0.471. The summed E-state index contributed by atoms with van der Waals surface area (Å²) in [4.78, 5) is 27.4. The summed E-state index contributed by atoms with van der Waals surface area (Å²) in [6.45, 7) is 2.85. The minimum Gasteiger partial charge on any atom is -0.342 e. The molecule has 8 nitrogen and oxygen atoms in total. The number of likely N-dealkylation sites (tertiary alicyclic amines) is 1. The molecule has 0 aromatic carbocycles. The predicted octanol–water partition coefficient (Wildman–Crippen LogP) is 1.78. The van der Waals surface area contributed by atoms with E-state index in [1.807, 2.05) is 22.8 Å². The lowest BCUT2D eigenvalue weighted by molar-refractivity contribution is -0.132. The van der Waals surface area contributed by atoms with Crippen molar-refractivity contribution in [1.29, 1.82) is 0 Å². The molecule has 26 heavy (non-hydrogen) atoms. The number of aromatic nitrogens is 6. The van der Waals surface area contributed by atoms with E-state index in [0.29, 0.717) is 13.0 Å². The van der Waals surface area contributed by atoms with Crippen LogP contribution in [0.3, 0.4) is 0 Å². The zero-order chi connectivity index (χ0) is 17.8. The normalized spacial score (nSPS) is 17.5. The molecule has 0 bridgehead atoms. The van der Waals surface area contributed by atoms with Gasteiger partial charge in [0, 0.05) is 43.2 Å². The van der Waals surface area contributed by atoms with Crippen LogP contribution in [0.15, 0.2) is 35.9 Å². The van der Waals surface area contributed by atoms with E-state index in [4.69, 9.17) is 0 Å². The van der Waals surface area contributed by atoms with Crippen molar-refractivity contribution in [3.63, 3.8) is 0 Å². The number of nitrogens with zero attached hydrogens (tertiary/aromatic N) is 7. The Bertz CT molecular complexity index is 827. The highest BCUT2D eigenvalue weighted by Crippen LogP contribution is 2.26. The largest absolute Gasteiger partial charge is 0.342 e. The number of aryl methyl sites for hydroxylation is 1. The smallest absolute Gasteiger partial charge is 0.224 e. The second-order valence-corrected chi connectivity index (χ2v) is 7.20. The number of hydrogen-bond acceptors (Lipinski definition) is 6. The van der Waals surface area contributed by atoms with E-state index in [9.17, 15) is 4.79 Å². The van der Waals surface area contributed by atoms with Crippen molar-refractivity contribution in [1.82, 2.24) is 34.2 Å². The molecule has 9 heteroatoms. The van der Waals surface area contributed by atoms with Gasteiger partial charge in [0.2, 0.25) is 5.91 Å². The van der Waals surface area contributed by atoms with Gasteiger partial charge in [0.15, 0.2) is 0 Å². The minimum absolute atomic E-state index is 0.169. The molecule has 3 aromatic rings. The molecule has 3 aromatic heterocycles. The number of thiazole rings is 1. The van der Waals surface area contributed by atoms with Crippen LogP contribution in [0.5, 0.6) is 0 Å². The Morgan fingerprint density at radius 2 is 2.31 bits per heavy atom. The molecular weight excluding hydrogens is 350 g/mol. The lowest BCUT2D eigenvalue weighted by Gasteiger charge is -2.32. The molecular formula is C17H21N7OS. The number of hydrogen-bond donors (Lipinski definition) is 0. The molecule has 0 spiro atoms. The van der Waals surface area contributed by atoms with Crippen molar-refractivity contribution in [3.8, 4) is 0 Å². The van der Waals surface area contributed by atoms with Crippen LogP contribution >= 0.6 is 11.3 Å². The topological polar surface area (TPSA) is 81.7 Å². The van der Waals surface area contributed by atoms with E-state index in [0.717, 1.165) is 44.0 Å². The third-order valence-corrected chi connectivity index (χ3v) is 5.36. The highest BCUT2D eigenvalue weighted by atomic mass is 32.1. The summed E-state index contributed by atoms with van der Waals surface area (Å²) < 4.78 is 3.85. The van der Waals surface area contributed by atoms with Gasteiger partial charge in [-0.1, -0.05) is 0 Å². The molecule has 0 radical (unpaired) electrons. The van der Waals surface area contributed by atoms with Crippen LogP contribution in [-0.2, 0) is 17.9 Å². The van der Waals surface area contributed by atoms with Crippen LogP contribution in [0, 0.1) is 0 Å². The fourth-order valence-electron chi connectivity index (χ4n) is 3.44. The molecule has 1 amide bonds. The van der Waals surface area contributed by atoms with Gasteiger partial charge >= 0.3 is 0 Å². The quantitative estimate of drug-likeness (QED) is 0.660. The zero-order valence-electron chi connectivity index (χ0n) is 14.4. The maximum atomic E-state index is 12.6. The molecule has 136 valence electrons. The summed E-state index contributed by atoms with van der Waals surface area (Å²) in [5.41, 5.74) is 2.90. The molecule has 4 rings (SSSR count). The maximum absolute atomic E-state index is 12.6. The van der Waals surface area contributed by atoms with E-state index in [2.05, 4.69) is 30.0 Å². The van der Waals surface area contributed by atoms with Crippen molar-refractivity contribution < 1.29 is 4.79 Å². The maximum Gasteiger partial charge on any atom is 0.224 e. The van der Waals surface area contributed by atoms with E-state index in [-0.39, 0.29) is 11.8 Å². The van der Waals surface area contributed by atoms with Crippen molar-refractivity contribution in [2.45, 2.75) is 38.3 Å². The Kier molecular flexibility index (Phi) is 5.05. The lowest BCUT2D eigenvalue weighted by atomic mass is 9.96. The zero-order valence-corrected chi connectivity index (χ0v) is 15.3. The average molecular weight is 371 g/mol. The first-order chi connectivity index (χ1) is 12.8. The van der Waals surface area contributed by atoms with E-state index >= 15 is 0 Å². The van der Waals surface area contributed by atoms with Crippen molar-refractivity contribution in [3.05, 3.63) is 47.5 Å². The highest BCUT2D eigenvalue weighted by Gasteiger charge is 2.27. The molecule has 1 aliphatic heterocycles. The van der Waals surface area contributed by atoms with Gasteiger partial charge in [-0.3, -0.25) is 9.48 Å². The Hall–Kier alpha value is -2.55. The Morgan fingerprint density at radius 3 is 3.12 bits per heavy atom. The SMILES string of the molecule is O=C(CCn1cncn1)N1CCC[C@H](c2nccn2Cc2cscn2)C1. The Morgan fingerprint density at radius 1 is 1.35 bits per heavy atom. The summed E-state index contributed by atoms with van der Waals surface area (Å²) in [5.74, 6) is 1.49. The second kappa shape index (κ2) is 7.77. The number of rotatable bonds is 6. The van der Waals surface area contributed by atoms with Crippen LogP contribution in [0.25, 0.3) is 0 Å². The van der Waals surface area contributed by atoms with Crippen LogP contribution in [0.1, 0.15) is 36.7 Å². The van der Waals surface area contributed by atoms with Crippen LogP contribution in [0.4, 0.5) is 0 Å². The monoisotopic (exact) mass is 371 g/mol. The van der Waals surface area contributed by atoms with E-state index in [1.165, 1.54) is 6.33 Å². The van der Waals surface area contributed by atoms with Gasteiger partial charge in [0.25, 0.3) is 0 Å². The molecule has 4 heterocycles. The minimum atomic E-state index is 0.169. The Labute approximate surface area is 155 Å². The highest BCUT2D eigenvalue weighted by molar-refractivity contribution is 7.07. The third kappa shape index (κ3) is 3.82. The summed E-state index contributed by atoms with van der Waals surface area (Å²) >= 11 is 1.60. The Balaban J connectivity index is 1.39. The van der Waals surface area contributed by atoms with Crippen LogP contribution in [-0.4, -0.2) is 53.2 Å². The average Bonchev–Trinajstić information content (AvgIpc) is 3.43. The summed E-state index contributed by atoms with van der Waals surface area (Å²) in [6, 6.07) is 0. The van der Waals surface area contributed by atoms with E-state index in [1.54, 1.807) is 22.3 Å². The standard InChI is InChI=1S/C17H21N7OS/c25-16(3-6-24-12-18-11-21-24)22-5-1-2-14(8-22)17-19-4-7-23(17)9-15-10-26-13-20-15/h4,7,10-14H,1-3,5-6,8-9H2/t14-/m0/s1. The summed E-state index contributed by atoms with van der Waals surface area (Å²) in [7, 11) is 0. The molecule has 0 saturated carbocycles. The molecule has 1 aliphatic rings. The predicted molar refractivity (Wildman–Crippen MR) is 96.6 cm³/mol. The number of amides is 1. The number of piperidine rings is 1. The van der Waals surface area contributed by atoms with Crippen LogP contribution < -0.4 is 0 Å². The molecule has 0 unspecified atom stereocenters. The molecule has 1 fully saturated rings. The molecule has 0 N–H and O–H groups in total. The summed E-state index contributed by atoms with van der Waals surface area (Å²) in [5, 5.41) is 6.11. The van der Waals surface area contributed by atoms with Crippen molar-refractivity contribution in [2.75, 3.05) is 13.1 Å².